The molecule has 0 unspecified atom stereocenters. The van der Waals surface area contributed by atoms with E-state index in [2.05, 4.69) is 30.3 Å². The predicted molar refractivity (Wildman–Crippen MR) is 106 cm³/mol. The number of nitrogens with one attached hydrogen (secondary N) is 1. The molecular formula is C19H23N7O2. The summed E-state index contributed by atoms with van der Waals surface area (Å²) in [6.45, 7) is 6.72. The molecule has 1 aliphatic rings. The van der Waals surface area contributed by atoms with Gasteiger partial charge in [-0.05, 0) is 44.2 Å². The van der Waals surface area contributed by atoms with Crippen LogP contribution in [-0.2, 0) is 4.74 Å². The largest absolute Gasteiger partial charge is 0.497 e. The van der Waals surface area contributed by atoms with Gasteiger partial charge in [-0.2, -0.15) is 20.1 Å². The maximum absolute atomic E-state index is 5.45. The number of aromatic nitrogens is 5. The Balaban J connectivity index is 1.71. The van der Waals surface area contributed by atoms with Crippen LogP contribution >= 0.6 is 0 Å². The summed E-state index contributed by atoms with van der Waals surface area (Å²) in [5.41, 5.74) is 2.74. The van der Waals surface area contributed by atoms with Crippen LogP contribution in [0.1, 0.15) is 11.4 Å². The molecule has 28 heavy (non-hydrogen) atoms. The van der Waals surface area contributed by atoms with Gasteiger partial charge in [0, 0.05) is 24.5 Å². The summed E-state index contributed by atoms with van der Waals surface area (Å²) in [5.74, 6) is 2.35. The van der Waals surface area contributed by atoms with E-state index in [9.17, 15) is 0 Å². The lowest BCUT2D eigenvalue weighted by atomic mass is 10.3. The maximum atomic E-state index is 5.45. The first kappa shape index (κ1) is 18.2. The molecule has 0 saturated carbocycles. The standard InChI is InChI=1S/C19H23N7O2/c1-13-12-14(2)26(24-13)19-22-17(20-15-4-6-16(27-3)7-5-15)21-18(23-19)25-8-10-28-11-9-25/h4-7,12H,8-11H2,1-3H3,(H,20,21,22,23). The molecule has 1 N–H and O–H groups in total. The predicted octanol–water partition coefficient (Wildman–Crippen LogP) is 2.26. The van der Waals surface area contributed by atoms with Gasteiger partial charge in [-0.25, -0.2) is 4.68 Å². The fourth-order valence-corrected chi connectivity index (χ4v) is 3.04. The van der Waals surface area contributed by atoms with E-state index < -0.39 is 0 Å². The molecule has 146 valence electrons. The topological polar surface area (TPSA) is 90.2 Å². The lowest BCUT2D eigenvalue weighted by molar-refractivity contribution is 0.122. The quantitative estimate of drug-likeness (QED) is 0.720. The molecule has 9 heteroatoms. The number of benzene rings is 1. The summed E-state index contributed by atoms with van der Waals surface area (Å²) < 4.78 is 12.4. The molecule has 1 aliphatic heterocycles. The average Bonchev–Trinajstić information content (AvgIpc) is 3.07. The summed E-state index contributed by atoms with van der Waals surface area (Å²) in [6, 6.07) is 9.59. The Hall–Kier alpha value is -3.20. The van der Waals surface area contributed by atoms with Crippen molar-refractivity contribution in [2.45, 2.75) is 13.8 Å². The van der Waals surface area contributed by atoms with E-state index in [1.807, 2.05) is 44.2 Å². The second-order valence-electron chi connectivity index (χ2n) is 6.55. The normalized spacial score (nSPS) is 14.2. The highest BCUT2D eigenvalue weighted by atomic mass is 16.5. The van der Waals surface area contributed by atoms with E-state index in [4.69, 9.17) is 9.47 Å². The van der Waals surface area contributed by atoms with E-state index >= 15 is 0 Å². The lowest BCUT2D eigenvalue weighted by Gasteiger charge is -2.27. The van der Waals surface area contributed by atoms with Gasteiger partial charge < -0.3 is 19.7 Å². The molecular weight excluding hydrogens is 358 g/mol. The van der Waals surface area contributed by atoms with Gasteiger partial charge in [-0.3, -0.25) is 0 Å². The lowest BCUT2D eigenvalue weighted by Crippen LogP contribution is -2.37. The van der Waals surface area contributed by atoms with Crippen LogP contribution in [0, 0.1) is 13.8 Å². The van der Waals surface area contributed by atoms with E-state index in [1.54, 1.807) is 11.8 Å². The minimum atomic E-state index is 0.462. The smallest absolute Gasteiger partial charge is 0.257 e. The third-order valence-corrected chi connectivity index (χ3v) is 4.45. The maximum Gasteiger partial charge on any atom is 0.257 e. The molecule has 0 bridgehead atoms. The molecule has 4 rings (SSSR count). The Morgan fingerprint density at radius 2 is 1.71 bits per heavy atom. The summed E-state index contributed by atoms with van der Waals surface area (Å²) >= 11 is 0. The number of hydrogen-bond donors (Lipinski definition) is 1. The molecule has 3 aromatic rings. The van der Waals surface area contributed by atoms with Crippen molar-refractivity contribution in [3.63, 3.8) is 0 Å². The molecule has 0 radical (unpaired) electrons. The highest BCUT2D eigenvalue weighted by molar-refractivity contribution is 5.56. The van der Waals surface area contributed by atoms with Crippen LogP contribution in [0.4, 0.5) is 17.6 Å². The average molecular weight is 381 g/mol. The van der Waals surface area contributed by atoms with Gasteiger partial charge in [0.2, 0.25) is 11.9 Å². The molecule has 9 nitrogen and oxygen atoms in total. The number of aryl methyl sites for hydroxylation is 2. The number of ether oxygens (including phenoxy) is 2. The summed E-state index contributed by atoms with van der Waals surface area (Å²) in [5, 5.41) is 7.77. The molecule has 1 fully saturated rings. The molecule has 0 amide bonds. The van der Waals surface area contributed by atoms with Crippen molar-refractivity contribution in [2.24, 2.45) is 0 Å². The molecule has 0 spiro atoms. The van der Waals surface area contributed by atoms with Crippen LogP contribution in [0.5, 0.6) is 5.75 Å². The second kappa shape index (κ2) is 7.81. The third kappa shape index (κ3) is 3.89. The zero-order chi connectivity index (χ0) is 19.5. The first-order chi connectivity index (χ1) is 13.6. The van der Waals surface area contributed by atoms with E-state index in [-0.39, 0.29) is 0 Å². The first-order valence-corrected chi connectivity index (χ1v) is 9.16. The summed E-state index contributed by atoms with van der Waals surface area (Å²) in [4.78, 5) is 16.0. The molecule has 1 saturated heterocycles. The SMILES string of the molecule is COc1ccc(Nc2nc(N3CCOCC3)nc(-n3nc(C)cc3C)n2)cc1. The minimum absolute atomic E-state index is 0.462. The summed E-state index contributed by atoms with van der Waals surface area (Å²) in [7, 11) is 1.64. The Kier molecular flexibility index (Phi) is 5.07. The Bertz CT molecular complexity index is 949. The number of rotatable bonds is 5. The van der Waals surface area contributed by atoms with Crippen LogP contribution in [0.15, 0.2) is 30.3 Å². The minimum Gasteiger partial charge on any atom is -0.497 e. The van der Waals surface area contributed by atoms with Crippen LogP contribution in [0.2, 0.25) is 0 Å². The van der Waals surface area contributed by atoms with E-state index in [0.29, 0.717) is 31.1 Å². The van der Waals surface area contributed by atoms with Crippen LogP contribution < -0.4 is 15.0 Å². The van der Waals surface area contributed by atoms with Crippen molar-refractivity contribution in [3.05, 3.63) is 41.7 Å². The first-order valence-electron chi connectivity index (χ1n) is 9.16. The van der Waals surface area contributed by atoms with Crippen molar-refractivity contribution in [1.82, 2.24) is 24.7 Å². The Labute approximate surface area is 163 Å². The fraction of sp³-hybridized carbons (Fsp3) is 0.368. The van der Waals surface area contributed by atoms with Crippen LogP contribution in [-0.4, -0.2) is 58.1 Å². The zero-order valence-corrected chi connectivity index (χ0v) is 16.2. The van der Waals surface area contributed by atoms with Crippen LogP contribution in [0.3, 0.4) is 0 Å². The fourth-order valence-electron chi connectivity index (χ4n) is 3.04. The van der Waals surface area contributed by atoms with Crippen molar-refractivity contribution in [1.29, 1.82) is 0 Å². The second-order valence-corrected chi connectivity index (χ2v) is 6.55. The molecule has 0 aliphatic carbocycles. The van der Waals surface area contributed by atoms with Gasteiger partial charge in [0.15, 0.2) is 0 Å². The van der Waals surface area contributed by atoms with Crippen molar-refractivity contribution >= 4 is 17.6 Å². The van der Waals surface area contributed by atoms with Gasteiger partial charge in [-0.1, -0.05) is 0 Å². The van der Waals surface area contributed by atoms with E-state index in [1.165, 1.54) is 0 Å². The highest BCUT2D eigenvalue weighted by Crippen LogP contribution is 2.21. The third-order valence-electron chi connectivity index (χ3n) is 4.45. The van der Waals surface area contributed by atoms with Crippen molar-refractivity contribution < 1.29 is 9.47 Å². The molecule has 2 aromatic heterocycles. The van der Waals surface area contributed by atoms with Gasteiger partial charge in [-0.15, -0.1) is 0 Å². The van der Waals surface area contributed by atoms with E-state index in [0.717, 1.165) is 35.9 Å². The van der Waals surface area contributed by atoms with Gasteiger partial charge in [0.05, 0.1) is 26.0 Å². The Morgan fingerprint density at radius 3 is 2.36 bits per heavy atom. The number of methoxy groups -OCH3 is 1. The van der Waals surface area contributed by atoms with Gasteiger partial charge >= 0.3 is 0 Å². The van der Waals surface area contributed by atoms with Crippen LogP contribution in [0.25, 0.3) is 5.95 Å². The monoisotopic (exact) mass is 381 g/mol. The number of morpholine rings is 1. The highest BCUT2D eigenvalue weighted by Gasteiger charge is 2.18. The zero-order valence-electron chi connectivity index (χ0n) is 16.2. The van der Waals surface area contributed by atoms with Crippen molar-refractivity contribution in [3.8, 4) is 11.7 Å². The molecule has 1 aromatic carbocycles. The number of nitrogens with zero attached hydrogens (tertiary/aromatic N) is 6. The van der Waals surface area contributed by atoms with Crippen molar-refractivity contribution in [2.75, 3.05) is 43.6 Å². The number of anilines is 3. The molecule has 3 heterocycles. The number of hydrogen-bond acceptors (Lipinski definition) is 8. The molecule has 0 atom stereocenters. The summed E-state index contributed by atoms with van der Waals surface area (Å²) in [6.07, 6.45) is 0. The Morgan fingerprint density at radius 1 is 1.00 bits per heavy atom. The van der Waals surface area contributed by atoms with Gasteiger partial charge in [0.25, 0.3) is 5.95 Å². The van der Waals surface area contributed by atoms with Gasteiger partial charge in [0.1, 0.15) is 5.75 Å².